The number of rotatable bonds is 3. The van der Waals surface area contributed by atoms with E-state index in [4.69, 9.17) is 14.4 Å². The molecule has 94 valence electrons. The smallest absolute Gasteiger partial charge is 0.358 e. The highest BCUT2D eigenvalue weighted by Gasteiger charge is 2.17. The van der Waals surface area contributed by atoms with Gasteiger partial charge in [0.25, 0.3) is 0 Å². The van der Waals surface area contributed by atoms with Crippen LogP contribution in [0.3, 0.4) is 0 Å². The molecule has 0 saturated heterocycles. The normalized spacial score (nSPS) is 10.3. The Morgan fingerprint density at radius 2 is 2.17 bits per heavy atom. The number of phenols is 1. The van der Waals surface area contributed by atoms with Crippen LogP contribution < -0.4 is 4.74 Å². The van der Waals surface area contributed by atoms with Crippen LogP contribution in [0.15, 0.2) is 27.2 Å². The highest BCUT2D eigenvalue weighted by atomic mass is 79.9. The van der Waals surface area contributed by atoms with Gasteiger partial charge in [0.15, 0.2) is 11.5 Å². The van der Waals surface area contributed by atoms with E-state index in [0.717, 1.165) is 0 Å². The predicted octanol–water partition coefficient (Wildman–Crippen LogP) is 2.52. The molecule has 7 heteroatoms. The van der Waals surface area contributed by atoms with Crippen LogP contribution in [0.4, 0.5) is 0 Å². The van der Waals surface area contributed by atoms with Gasteiger partial charge in [0.05, 0.1) is 17.1 Å². The Bertz CT molecular complexity index is 607. The van der Waals surface area contributed by atoms with Gasteiger partial charge in [-0.2, -0.15) is 0 Å². The number of hydrogen-bond acceptors (Lipinski definition) is 5. The molecule has 18 heavy (non-hydrogen) atoms. The fourth-order valence-corrected chi connectivity index (χ4v) is 1.89. The summed E-state index contributed by atoms with van der Waals surface area (Å²) in [4.78, 5) is 10.7. The maximum absolute atomic E-state index is 10.7. The van der Waals surface area contributed by atoms with Crippen molar-refractivity contribution in [3.05, 3.63) is 28.4 Å². The van der Waals surface area contributed by atoms with Gasteiger partial charge >= 0.3 is 5.97 Å². The molecule has 0 unspecified atom stereocenters. The topological polar surface area (TPSA) is 92.8 Å². The molecule has 0 saturated carbocycles. The van der Waals surface area contributed by atoms with Gasteiger partial charge in [-0.25, -0.2) is 4.79 Å². The van der Waals surface area contributed by atoms with Crippen molar-refractivity contribution >= 4 is 21.9 Å². The molecule has 0 bridgehead atoms. The quantitative estimate of drug-likeness (QED) is 0.904. The molecule has 0 atom stereocenters. The largest absolute Gasteiger partial charge is 0.507 e. The first-order valence-corrected chi connectivity index (χ1v) is 5.59. The number of halogens is 1. The molecule has 0 aliphatic rings. The number of aromatic nitrogens is 1. The number of hydrogen-bond donors (Lipinski definition) is 2. The monoisotopic (exact) mass is 313 g/mol. The van der Waals surface area contributed by atoms with Crippen LogP contribution in [0.25, 0.3) is 11.3 Å². The van der Waals surface area contributed by atoms with E-state index in [1.54, 1.807) is 0 Å². The Morgan fingerprint density at radius 3 is 2.72 bits per heavy atom. The second-order valence-electron chi connectivity index (χ2n) is 3.39. The number of carboxylic acid groups (broad SMARTS) is 1. The molecule has 1 aromatic carbocycles. The second-order valence-corrected chi connectivity index (χ2v) is 4.24. The highest BCUT2D eigenvalue weighted by molar-refractivity contribution is 9.10. The highest BCUT2D eigenvalue weighted by Crippen LogP contribution is 2.38. The minimum absolute atomic E-state index is 0.0734. The van der Waals surface area contributed by atoms with E-state index in [1.165, 1.54) is 25.3 Å². The zero-order valence-corrected chi connectivity index (χ0v) is 10.8. The maximum atomic E-state index is 10.7. The lowest BCUT2D eigenvalue weighted by Gasteiger charge is -2.06. The van der Waals surface area contributed by atoms with Gasteiger partial charge in [-0.1, -0.05) is 5.16 Å². The molecule has 2 N–H and O–H groups in total. The van der Waals surface area contributed by atoms with Gasteiger partial charge in [-0.05, 0) is 28.1 Å². The molecule has 0 spiro atoms. The molecule has 0 aliphatic heterocycles. The first-order valence-electron chi connectivity index (χ1n) is 4.80. The summed E-state index contributed by atoms with van der Waals surface area (Å²) in [6.45, 7) is 0. The zero-order valence-electron chi connectivity index (χ0n) is 9.18. The van der Waals surface area contributed by atoms with Crippen LogP contribution in [0.1, 0.15) is 10.5 Å². The molecule has 2 aromatic rings. The van der Waals surface area contributed by atoms with Gasteiger partial charge in [0, 0.05) is 6.07 Å². The minimum atomic E-state index is -1.20. The molecule has 1 aromatic heterocycles. The summed E-state index contributed by atoms with van der Waals surface area (Å²) < 4.78 is 10.5. The van der Waals surface area contributed by atoms with Crippen LogP contribution in [-0.4, -0.2) is 28.4 Å². The van der Waals surface area contributed by atoms with Crippen molar-refractivity contribution in [1.82, 2.24) is 5.16 Å². The third-order valence-electron chi connectivity index (χ3n) is 2.26. The number of phenolic OH excluding ortho intramolecular Hbond substituents is 1. The summed E-state index contributed by atoms with van der Waals surface area (Å²) in [6.07, 6.45) is 0. The lowest BCUT2D eigenvalue weighted by Crippen LogP contribution is -1.94. The summed E-state index contributed by atoms with van der Waals surface area (Å²) >= 11 is 3.22. The van der Waals surface area contributed by atoms with Crippen LogP contribution in [0, 0.1) is 0 Å². The Balaban J connectivity index is 2.52. The van der Waals surface area contributed by atoms with E-state index in [1.807, 2.05) is 0 Å². The summed E-state index contributed by atoms with van der Waals surface area (Å²) in [5, 5.41) is 21.9. The number of nitrogens with zero attached hydrogens (tertiary/aromatic N) is 1. The molecule has 2 rings (SSSR count). The Kier molecular flexibility index (Phi) is 3.24. The van der Waals surface area contributed by atoms with E-state index >= 15 is 0 Å². The van der Waals surface area contributed by atoms with Crippen molar-refractivity contribution in [3.8, 4) is 22.8 Å². The van der Waals surface area contributed by atoms with Crippen molar-refractivity contribution in [1.29, 1.82) is 0 Å². The first kappa shape index (κ1) is 12.4. The number of ether oxygens (including phenoxy) is 1. The van der Waals surface area contributed by atoms with Crippen LogP contribution in [0.5, 0.6) is 11.5 Å². The summed E-state index contributed by atoms with van der Waals surface area (Å²) in [5.74, 6) is -0.642. The number of carboxylic acids is 1. The van der Waals surface area contributed by atoms with E-state index in [2.05, 4.69) is 21.1 Å². The predicted molar refractivity (Wildman–Crippen MR) is 64.8 cm³/mol. The van der Waals surface area contributed by atoms with Gasteiger partial charge in [0.1, 0.15) is 11.5 Å². The van der Waals surface area contributed by atoms with Gasteiger partial charge in [0.2, 0.25) is 0 Å². The van der Waals surface area contributed by atoms with Crippen molar-refractivity contribution < 1.29 is 24.3 Å². The summed E-state index contributed by atoms with van der Waals surface area (Å²) in [7, 11) is 1.48. The molecule has 6 nitrogen and oxygen atoms in total. The lowest BCUT2D eigenvalue weighted by atomic mass is 10.1. The molecule has 0 fully saturated rings. The summed E-state index contributed by atoms with van der Waals surface area (Å²) in [5.41, 5.74) is 0.0707. The standard InChI is InChI=1S/C11H8BrNO5/c1-17-10-2-5(8(14)3-6(10)12)9-4-7(11(15)16)13-18-9/h2-4,14H,1H3,(H,15,16). The number of carbonyl (C=O) groups is 1. The fraction of sp³-hybridized carbons (Fsp3) is 0.0909. The number of benzene rings is 1. The van der Waals surface area contributed by atoms with Crippen molar-refractivity contribution in [2.75, 3.05) is 7.11 Å². The van der Waals surface area contributed by atoms with E-state index in [0.29, 0.717) is 15.8 Å². The van der Waals surface area contributed by atoms with Crippen LogP contribution in [-0.2, 0) is 0 Å². The zero-order chi connectivity index (χ0) is 13.3. The van der Waals surface area contributed by atoms with Gasteiger partial charge in [-0.15, -0.1) is 0 Å². The number of aromatic hydroxyl groups is 1. The fourth-order valence-electron chi connectivity index (χ4n) is 1.40. The van der Waals surface area contributed by atoms with E-state index < -0.39 is 5.97 Å². The minimum Gasteiger partial charge on any atom is -0.507 e. The lowest BCUT2D eigenvalue weighted by molar-refractivity contribution is 0.0686. The van der Waals surface area contributed by atoms with E-state index in [-0.39, 0.29) is 17.2 Å². The molecular formula is C11H8BrNO5. The molecular weight excluding hydrogens is 306 g/mol. The Labute approximate surface area is 110 Å². The molecule has 0 aliphatic carbocycles. The SMILES string of the molecule is COc1cc(-c2cc(C(=O)O)no2)c(O)cc1Br. The first-order chi connectivity index (χ1) is 8.52. The van der Waals surface area contributed by atoms with Gasteiger partial charge < -0.3 is 19.5 Å². The average Bonchev–Trinajstić information content (AvgIpc) is 2.78. The second kappa shape index (κ2) is 4.69. The molecule has 1 heterocycles. The maximum Gasteiger partial charge on any atom is 0.358 e. The van der Waals surface area contributed by atoms with Crippen LogP contribution >= 0.6 is 15.9 Å². The van der Waals surface area contributed by atoms with Crippen LogP contribution in [0.2, 0.25) is 0 Å². The summed E-state index contributed by atoms with van der Waals surface area (Å²) in [6, 6.07) is 4.17. The average molecular weight is 314 g/mol. The third kappa shape index (κ3) is 2.17. The molecule has 0 amide bonds. The van der Waals surface area contributed by atoms with Crippen molar-refractivity contribution in [3.63, 3.8) is 0 Å². The van der Waals surface area contributed by atoms with E-state index in [9.17, 15) is 9.90 Å². The van der Waals surface area contributed by atoms with Crippen molar-refractivity contribution in [2.45, 2.75) is 0 Å². The molecule has 0 radical (unpaired) electrons. The number of aromatic carboxylic acids is 1. The number of methoxy groups -OCH3 is 1. The Morgan fingerprint density at radius 1 is 1.44 bits per heavy atom. The third-order valence-corrected chi connectivity index (χ3v) is 2.88. The van der Waals surface area contributed by atoms with Gasteiger partial charge in [-0.3, -0.25) is 0 Å². The van der Waals surface area contributed by atoms with Crippen molar-refractivity contribution in [2.24, 2.45) is 0 Å². The Hall–Kier alpha value is -2.02.